The SMILES string of the molecule is NC1(c2ccc(O)c(O)c2)CCC(F)(F)CC1. The first kappa shape index (κ1) is 12.1. The number of rotatable bonds is 1. The third kappa shape index (κ3) is 2.34. The highest BCUT2D eigenvalue weighted by molar-refractivity contribution is 5.43. The third-order valence-corrected chi connectivity index (χ3v) is 3.42. The second-order valence-corrected chi connectivity index (χ2v) is 4.72. The summed E-state index contributed by atoms with van der Waals surface area (Å²) >= 11 is 0. The number of aromatic hydroxyl groups is 2. The lowest BCUT2D eigenvalue weighted by molar-refractivity contribution is -0.0514. The summed E-state index contributed by atoms with van der Waals surface area (Å²) < 4.78 is 26.1. The zero-order valence-electron chi connectivity index (χ0n) is 9.29. The highest BCUT2D eigenvalue weighted by atomic mass is 19.3. The van der Waals surface area contributed by atoms with Crippen molar-refractivity contribution in [1.29, 1.82) is 0 Å². The number of phenolic OH excluding ortho intramolecular Hbond substituents is 2. The highest BCUT2D eigenvalue weighted by Crippen LogP contribution is 2.43. The van der Waals surface area contributed by atoms with E-state index in [0.29, 0.717) is 5.56 Å². The van der Waals surface area contributed by atoms with E-state index in [1.54, 1.807) is 6.07 Å². The minimum atomic E-state index is -2.64. The molecule has 0 unspecified atom stereocenters. The van der Waals surface area contributed by atoms with Gasteiger partial charge in [-0.05, 0) is 30.5 Å². The van der Waals surface area contributed by atoms with Crippen LogP contribution in [0.1, 0.15) is 31.2 Å². The number of hydrogen-bond donors (Lipinski definition) is 3. The summed E-state index contributed by atoms with van der Waals surface area (Å²) in [5, 5.41) is 18.6. The van der Waals surface area contributed by atoms with Crippen molar-refractivity contribution in [3.8, 4) is 11.5 Å². The average molecular weight is 243 g/mol. The van der Waals surface area contributed by atoms with Crippen LogP contribution in [-0.2, 0) is 5.54 Å². The molecule has 3 nitrogen and oxygen atoms in total. The fourth-order valence-electron chi connectivity index (χ4n) is 2.18. The lowest BCUT2D eigenvalue weighted by Gasteiger charge is -2.37. The van der Waals surface area contributed by atoms with Gasteiger partial charge in [-0.2, -0.15) is 0 Å². The number of nitrogens with two attached hydrogens (primary N) is 1. The number of phenols is 2. The van der Waals surface area contributed by atoms with Crippen molar-refractivity contribution in [2.45, 2.75) is 37.1 Å². The van der Waals surface area contributed by atoms with Crippen molar-refractivity contribution >= 4 is 0 Å². The molecule has 17 heavy (non-hydrogen) atoms. The van der Waals surface area contributed by atoms with Gasteiger partial charge in [0.2, 0.25) is 5.92 Å². The van der Waals surface area contributed by atoms with Gasteiger partial charge in [-0.25, -0.2) is 8.78 Å². The first-order chi connectivity index (χ1) is 7.82. The largest absolute Gasteiger partial charge is 0.504 e. The Morgan fingerprint density at radius 1 is 1.00 bits per heavy atom. The van der Waals surface area contributed by atoms with Crippen LogP contribution < -0.4 is 5.73 Å². The average Bonchev–Trinajstić information content (AvgIpc) is 2.27. The molecule has 0 bridgehead atoms. The van der Waals surface area contributed by atoms with Crippen LogP contribution in [0.3, 0.4) is 0 Å². The standard InChI is InChI=1S/C12H15F2NO2/c13-12(14)5-3-11(15,4-6-12)8-1-2-9(16)10(17)7-8/h1-2,7,16-17H,3-6,15H2. The maximum absolute atomic E-state index is 13.1. The van der Waals surface area contributed by atoms with Gasteiger partial charge in [-0.15, -0.1) is 0 Å². The summed E-state index contributed by atoms with van der Waals surface area (Å²) in [6.45, 7) is 0. The summed E-state index contributed by atoms with van der Waals surface area (Å²) in [6, 6.07) is 4.24. The molecule has 4 N–H and O–H groups in total. The van der Waals surface area contributed by atoms with Crippen LogP contribution in [-0.4, -0.2) is 16.1 Å². The molecular weight excluding hydrogens is 228 g/mol. The van der Waals surface area contributed by atoms with Gasteiger partial charge < -0.3 is 15.9 Å². The summed E-state index contributed by atoms with van der Waals surface area (Å²) in [4.78, 5) is 0. The lowest BCUT2D eigenvalue weighted by atomic mass is 9.76. The molecule has 1 saturated carbocycles. The first-order valence-electron chi connectivity index (χ1n) is 5.52. The summed E-state index contributed by atoms with van der Waals surface area (Å²) in [5.74, 6) is -3.15. The van der Waals surface area contributed by atoms with E-state index < -0.39 is 11.5 Å². The molecule has 0 aromatic heterocycles. The Kier molecular flexibility index (Phi) is 2.73. The molecule has 0 radical (unpaired) electrons. The smallest absolute Gasteiger partial charge is 0.248 e. The van der Waals surface area contributed by atoms with Crippen LogP contribution >= 0.6 is 0 Å². The van der Waals surface area contributed by atoms with Crippen LogP contribution in [0.2, 0.25) is 0 Å². The van der Waals surface area contributed by atoms with Crippen molar-refractivity contribution in [1.82, 2.24) is 0 Å². The van der Waals surface area contributed by atoms with E-state index in [4.69, 9.17) is 5.73 Å². The van der Waals surface area contributed by atoms with Crippen molar-refractivity contribution in [3.63, 3.8) is 0 Å². The van der Waals surface area contributed by atoms with E-state index in [1.165, 1.54) is 12.1 Å². The summed E-state index contributed by atoms with van der Waals surface area (Å²) in [7, 11) is 0. The van der Waals surface area contributed by atoms with Crippen LogP contribution in [0.25, 0.3) is 0 Å². The van der Waals surface area contributed by atoms with E-state index in [1.807, 2.05) is 0 Å². The fraction of sp³-hybridized carbons (Fsp3) is 0.500. The van der Waals surface area contributed by atoms with Crippen LogP contribution in [0.5, 0.6) is 11.5 Å². The van der Waals surface area contributed by atoms with E-state index in [0.717, 1.165) is 0 Å². The van der Waals surface area contributed by atoms with E-state index in [2.05, 4.69) is 0 Å². The van der Waals surface area contributed by atoms with Crippen molar-refractivity contribution in [2.75, 3.05) is 0 Å². The first-order valence-corrected chi connectivity index (χ1v) is 5.52. The molecule has 0 heterocycles. The molecular formula is C12H15F2NO2. The minimum Gasteiger partial charge on any atom is -0.504 e. The minimum absolute atomic E-state index is 0.171. The highest BCUT2D eigenvalue weighted by Gasteiger charge is 2.42. The molecule has 1 fully saturated rings. The Morgan fingerprint density at radius 3 is 2.12 bits per heavy atom. The Hall–Kier alpha value is -1.36. The van der Waals surface area contributed by atoms with Crippen LogP contribution in [0.4, 0.5) is 8.78 Å². The third-order valence-electron chi connectivity index (χ3n) is 3.42. The Morgan fingerprint density at radius 2 is 1.59 bits per heavy atom. The second-order valence-electron chi connectivity index (χ2n) is 4.72. The zero-order valence-corrected chi connectivity index (χ0v) is 9.29. The number of halogens is 2. The number of hydrogen-bond acceptors (Lipinski definition) is 3. The van der Waals surface area contributed by atoms with Gasteiger partial charge in [0.05, 0.1) is 0 Å². The topological polar surface area (TPSA) is 66.5 Å². The molecule has 0 saturated heterocycles. The molecule has 0 spiro atoms. The molecule has 0 atom stereocenters. The maximum atomic E-state index is 13.1. The number of alkyl halides is 2. The second kappa shape index (κ2) is 3.84. The van der Waals surface area contributed by atoms with Gasteiger partial charge >= 0.3 is 0 Å². The molecule has 0 amide bonds. The predicted molar refractivity (Wildman–Crippen MR) is 59.1 cm³/mol. The molecule has 2 rings (SSSR count). The monoisotopic (exact) mass is 243 g/mol. The van der Waals surface area contributed by atoms with E-state index in [-0.39, 0.29) is 37.2 Å². The van der Waals surface area contributed by atoms with Crippen molar-refractivity contribution in [3.05, 3.63) is 23.8 Å². The molecule has 1 aliphatic carbocycles. The molecule has 5 heteroatoms. The zero-order chi connectivity index (χ0) is 12.7. The lowest BCUT2D eigenvalue weighted by Crippen LogP contribution is -2.43. The van der Waals surface area contributed by atoms with E-state index >= 15 is 0 Å². The number of benzene rings is 1. The van der Waals surface area contributed by atoms with Crippen LogP contribution in [0.15, 0.2) is 18.2 Å². The molecule has 1 aromatic carbocycles. The van der Waals surface area contributed by atoms with Crippen LogP contribution in [0, 0.1) is 0 Å². The summed E-state index contributed by atoms with van der Waals surface area (Å²) in [6.07, 6.45) is -0.148. The fourth-order valence-corrected chi connectivity index (χ4v) is 2.18. The van der Waals surface area contributed by atoms with Gasteiger partial charge in [-0.1, -0.05) is 6.07 Å². The van der Waals surface area contributed by atoms with Crippen molar-refractivity contribution < 1.29 is 19.0 Å². The van der Waals surface area contributed by atoms with Gasteiger partial charge in [0, 0.05) is 18.4 Å². The predicted octanol–water partition coefficient (Wildman–Crippen LogP) is 2.46. The molecule has 0 aliphatic heterocycles. The van der Waals surface area contributed by atoms with E-state index in [9.17, 15) is 19.0 Å². The quantitative estimate of drug-likeness (QED) is 0.664. The van der Waals surface area contributed by atoms with Gasteiger partial charge in [-0.3, -0.25) is 0 Å². The normalized spacial score (nSPS) is 22.3. The molecule has 94 valence electrons. The molecule has 1 aliphatic rings. The Balaban J connectivity index is 2.24. The Bertz CT molecular complexity index is 425. The molecule has 1 aromatic rings. The van der Waals surface area contributed by atoms with Crippen molar-refractivity contribution in [2.24, 2.45) is 5.73 Å². The van der Waals surface area contributed by atoms with Gasteiger partial charge in [0.25, 0.3) is 0 Å². The maximum Gasteiger partial charge on any atom is 0.248 e. The summed E-state index contributed by atoms with van der Waals surface area (Å²) in [5.41, 5.74) is 5.84. The Labute approximate surface area is 97.9 Å². The van der Waals surface area contributed by atoms with Gasteiger partial charge in [0.1, 0.15) is 0 Å². The van der Waals surface area contributed by atoms with Gasteiger partial charge in [0.15, 0.2) is 11.5 Å².